The van der Waals surface area contributed by atoms with Crippen molar-refractivity contribution in [3.8, 4) is 11.5 Å². The molecular formula is C25H29F3N2O3. The fourth-order valence-corrected chi connectivity index (χ4v) is 4.96. The van der Waals surface area contributed by atoms with Crippen molar-refractivity contribution in [1.29, 1.82) is 0 Å². The number of hydrogen-bond acceptors (Lipinski definition) is 4. The zero-order valence-corrected chi connectivity index (χ0v) is 18.9. The van der Waals surface area contributed by atoms with Gasteiger partial charge in [0.2, 0.25) is 5.91 Å². The summed E-state index contributed by atoms with van der Waals surface area (Å²) in [6.45, 7) is 0.848. The van der Waals surface area contributed by atoms with Crippen LogP contribution >= 0.6 is 0 Å². The minimum Gasteiger partial charge on any atom is -0.493 e. The van der Waals surface area contributed by atoms with Gasteiger partial charge in [-0.1, -0.05) is 30.3 Å². The molecule has 5 nitrogen and oxygen atoms in total. The summed E-state index contributed by atoms with van der Waals surface area (Å²) >= 11 is 0. The molecule has 2 aromatic carbocycles. The van der Waals surface area contributed by atoms with E-state index in [1.54, 1.807) is 24.0 Å². The molecule has 0 spiro atoms. The predicted molar refractivity (Wildman–Crippen MR) is 118 cm³/mol. The van der Waals surface area contributed by atoms with Crippen molar-refractivity contribution in [3.63, 3.8) is 0 Å². The first-order valence-electron chi connectivity index (χ1n) is 11.2. The van der Waals surface area contributed by atoms with Crippen molar-refractivity contribution in [2.45, 2.75) is 31.5 Å². The Labute approximate surface area is 192 Å². The number of methoxy groups -OCH3 is 2. The Kier molecular flexibility index (Phi) is 6.83. The van der Waals surface area contributed by atoms with E-state index < -0.39 is 12.1 Å². The topological polar surface area (TPSA) is 42.0 Å². The van der Waals surface area contributed by atoms with Gasteiger partial charge in [-0.05, 0) is 54.6 Å². The molecule has 2 aromatic rings. The summed E-state index contributed by atoms with van der Waals surface area (Å²) < 4.78 is 50.7. The second-order valence-electron chi connectivity index (χ2n) is 8.67. The lowest BCUT2D eigenvalue weighted by molar-refractivity contribution is -0.187. The Morgan fingerprint density at radius 2 is 1.76 bits per heavy atom. The van der Waals surface area contributed by atoms with E-state index in [4.69, 9.17) is 9.47 Å². The number of alkyl halides is 3. The van der Waals surface area contributed by atoms with Gasteiger partial charge in [-0.2, -0.15) is 13.2 Å². The summed E-state index contributed by atoms with van der Waals surface area (Å²) in [5.41, 5.74) is 2.97. The summed E-state index contributed by atoms with van der Waals surface area (Å²) in [6, 6.07) is 13.2. The monoisotopic (exact) mass is 462 g/mol. The number of carbonyl (C=O) groups excluding carboxylic acids is 1. The van der Waals surface area contributed by atoms with Gasteiger partial charge < -0.3 is 14.4 Å². The van der Waals surface area contributed by atoms with Crippen molar-refractivity contribution in [2.75, 3.05) is 40.4 Å². The Hall–Kier alpha value is -2.74. The summed E-state index contributed by atoms with van der Waals surface area (Å²) in [4.78, 5) is 16.9. The van der Waals surface area contributed by atoms with E-state index in [0.717, 1.165) is 16.7 Å². The fourth-order valence-electron chi connectivity index (χ4n) is 4.96. The van der Waals surface area contributed by atoms with Crippen LogP contribution in [0.3, 0.4) is 0 Å². The average molecular weight is 463 g/mol. The molecular weight excluding hydrogens is 433 g/mol. The van der Waals surface area contributed by atoms with E-state index in [1.807, 2.05) is 42.5 Å². The van der Waals surface area contributed by atoms with Gasteiger partial charge in [0.05, 0.1) is 32.7 Å². The number of fused-ring (bicyclic) bond motifs is 1. The molecule has 4 rings (SSSR count). The molecule has 0 radical (unpaired) electrons. The molecule has 2 atom stereocenters. The molecule has 1 fully saturated rings. The molecule has 0 unspecified atom stereocenters. The van der Waals surface area contributed by atoms with E-state index in [-0.39, 0.29) is 31.5 Å². The SMILES string of the molecule is COc1cc2c(cc1OC)[C@@H](c1ccccc1)N(C(=O)CN1CCC[C@@H](C(F)(F)F)C1)CC2. The zero-order valence-electron chi connectivity index (χ0n) is 18.9. The van der Waals surface area contributed by atoms with Gasteiger partial charge in [-0.3, -0.25) is 9.69 Å². The number of halogens is 3. The highest BCUT2D eigenvalue weighted by atomic mass is 19.4. The number of carbonyl (C=O) groups is 1. The maximum Gasteiger partial charge on any atom is 0.393 e. The molecule has 0 saturated carbocycles. The molecule has 0 aromatic heterocycles. The number of piperidine rings is 1. The molecule has 2 heterocycles. The minimum atomic E-state index is -4.23. The molecule has 178 valence electrons. The van der Waals surface area contributed by atoms with Crippen molar-refractivity contribution < 1.29 is 27.4 Å². The Bertz CT molecular complexity index is 981. The van der Waals surface area contributed by atoms with Crippen LogP contribution in [0.5, 0.6) is 11.5 Å². The summed E-state index contributed by atoms with van der Waals surface area (Å²) in [5.74, 6) is -0.320. The number of ether oxygens (including phenoxy) is 2. The molecule has 0 bridgehead atoms. The van der Waals surface area contributed by atoms with E-state index in [2.05, 4.69) is 0 Å². The van der Waals surface area contributed by atoms with Crippen LogP contribution < -0.4 is 9.47 Å². The fraction of sp³-hybridized carbons (Fsp3) is 0.480. The van der Waals surface area contributed by atoms with Gasteiger partial charge in [0.15, 0.2) is 11.5 Å². The van der Waals surface area contributed by atoms with Gasteiger partial charge in [0, 0.05) is 13.1 Å². The number of nitrogens with zero attached hydrogens (tertiary/aromatic N) is 2. The van der Waals surface area contributed by atoms with Crippen LogP contribution in [0.15, 0.2) is 42.5 Å². The number of rotatable bonds is 5. The lowest BCUT2D eigenvalue weighted by Crippen LogP contribution is -2.49. The molecule has 1 amide bonds. The van der Waals surface area contributed by atoms with Crippen LogP contribution in [0, 0.1) is 5.92 Å². The van der Waals surface area contributed by atoms with E-state index in [0.29, 0.717) is 37.4 Å². The first-order valence-corrected chi connectivity index (χ1v) is 11.2. The van der Waals surface area contributed by atoms with Crippen molar-refractivity contribution in [2.24, 2.45) is 5.92 Å². The van der Waals surface area contributed by atoms with Crippen LogP contribution in [-0.4, -0.2) is 62.3 Å². The lowest BCUT2D eigenvalue weighted by Gasteiger charge is -2.40. The van der Waals surface area contributed by atoms with Crippen molar-refractivity contribution in [3.05, 3.63) is 59.2 Å². The average Bonchev–Trinajstić information content (AvgIpc) is 2.82. The second kappa shape index (κ2) is 9.63. The zero-order chi connectivity index (χ0) is 23.6. The Morgan fingerprint density at radius 3 is 2.42 bits per heavy atom. The summed E-state index contributed by atoms with van der Waals surface area (Å²) in [5, 5.41) is 0. The molecule has 2 aliphatic rings. The third-order valence-electron chi connectivity index (χ3n) is 6.64. The first-order chi connectivity index (χ1) is 15.8. The van der Waals surface area contributed by atoms with Gasteiger partial charge in [-0.15, -0.1) is 0 Å². The Morgan fingerprint density at radius 1 is 1.06 bits per heavy atom. The van der Waals surface area contributed by atoms with E-state index in [1.165, 1.54) is 0 Å². The van der Waals surface area contributed by atoms with Gasteiger partial charge in [0.1, 0.15) is 0 Å². The van der Waals surface area contributed by atoms with Crippen LogP contribution in [0.2, 0.25) is 0 Å². The molecule has 33 heavy (non-hydrogen) atoms. The van der Waals surface area contributed by atoms with Crippen molar-refractivity contribution in [1.82, 2.24) is 9.80 Å². The highest BCUT2D eigenvalue weighted by Crippen LogP contribution is 2.41. The molecule has 8 heteroatoms. The molecule has 1 saturated heterocycles. The van der Waals surface area contributed by atoms with Gasteiger partial charge in [-0.25, -0.2) is 0 Å². The molecule has 2 aliphatic heterocycles. The van der Waals surface area contributed by atoms with Gasteiger partial charge >= 0.3 is 6.18 Å². The Balaban J connectivity index is 1.63. The van der Waals surface area contributed by atoms with Gasteiger partial charge in [0.25, 0.3) is 0 Å². The summed E-state index contributed by atoms with van der Waals surface area (Å²) in [6.07, 6.45) is -3.02. The first kappa shape index (κ1) is 23.4. The second-order valence-corrected chi connectivity index (χ2v) is 8.67. The minimum absolute atomic E-state index is 0.0153. The third kappa shape index (κ3) is 4.95. The standard InChI is InChI=1S/C25H29F3N2O3/c1-32-21-13-18-10-12-30(23(31)16-29-11-6-9-19(15-29)25(26,27)28)24(17-7-4-3-5-8-17)20(18)14-22(21)33-2/h3-5,7-8,13-14,19,24H,6,9-12,15-16H2,1-2H3/t19-,24-/m1/s1. The maximum atomic E-state index is 13.4. The van der Waals surface area contributed by atoms with Crippen LogP contribution in [-0.2, 0) is 11.2 Å². The van der Waals surface area contributed by atoms with E-state index in [9.17, 15) is 18.0 Å². The third-order valence-corrected chi connectivity index (χ3v) is 6.64. The lowest BCUT2D eigenvalue weighted by atomic mass is 9.87. The maximum absolute atomic E-state index is 13.4. The number of likely N-dealkylation sites (tertiary alicyclic amines) is 1. The highest BCUT2D eigenvalue weighted by molar-refractivity contribution is 5.80. The number of amides is 1. The summed E-state index contributed by atoms with van der Waals surface area (Å²) in [7, 11) is 3.16. The molecule has 0 aliphatic carbocycles. The molecule has 0 N–H and O–H groups in total. The van der Waals surface area contributed by atoms with Crippen LogP contribution in [0.25, 0.3) is 0 Å². The van der Waals surface area contributed by atoms with Crippen LogP contribution in [0.4, 0.5) is 13.2 Å². The van der Waals surface area contributed by atoms with Crippen molar-refractivity contribution >= 4 is 5.91 Å². The van der Waals surface area contributed by atoms with Crippen LogP contribution in [0.1, 0.15) is 35.6 Å². The highest BCUT2D eigenvalue weighted by Gasteiger charge is 2.42. The quantitative estimate of drug-likeness (QED) is 0.659. The normalized spacial score (nSPS) is 21.4. The number of hydrogen-bond donors (Lipinski definition) is 0. The smallest absolute Gasteiger partial charge is 0.393 e. The largest absolute Gasteiger partial charge is 0.493 e. The predicted octanol–water partition coefficient (Wildman–Crippen LogP) is 4.45. The number of benzene rings is 2. The van der Waals surface area contributed by atoms with E-state index >= 15 is 0 Å².